The normalized spacial score (nSPS) is 10.7. The Balaban J connectivity index is 1.56. The molecule has 0 heterocycles. The summed E-state index contributed by atoms with van der Waals surface area (Å²) in [5, 5.41) is 3.41. The smallest absolute Gasteiger partial charge is 0.162 e. The molecular formula is C23H23BrFNO2. The van der Waals surface area contributed by atoms with Crippen molar-refractivity contribution in [2.24, 2.45) is 0 Å². The number of nitrogens with one attached hydrogen (secondary N) is 1. The van der Waals surface area contributed by atoms with Gasteiger partial charge in [-0.1, -0.05) is 58.4 Å². The number of rotatable bonds is 9. The van der Waals surface area contributed by atoms with Crippen molar-refractivity contribution in [1.29, 1.82) is 0 Å². The lowest BCUT2D eigenvalue weighted by atomic mass is 10.1. The summed E-state index contributed by atoms with van der Waals surface area (Å²) < 4.78 is 25.4. The lowest BCUT2D eigenvalue weighted by molar-refractivity contribution is 0.284. The Morgan fingerprint density at radius 3 is 2.39 bits per heavy atom. The molecule has 0 atom stereocenters. The molecule has 0 fully saturated rings. The van der Waals surface area contributed by atoms with Crippen LogP contribution in [0.2, 0.25) is 0 Å². The average Bonchev–Trinajstić information content (AvgIpc) is 2.72. The van der Waals surface area contributed by atoms with Crippen molar-refractivity contribution < 1.29 is 13.9 Å². The molecule has 0 unspecified atom stereocenters. The van der Waals surface area contributed by atoms with Gasteiger partial charge in [-0.05, 0) is 53.9 Å². The van der Waals surface area contributed by atoms with Crippen molar-refractivity contribution in [3.63, 3.8) is 0 Å². The van der Waals surface area contributed by atoms with E-state index >= 15 is 0 Å². The van der Waals surface area contributed by atoms with Crippen LogP contribution in [0.3, 0.4) is 0 Å². The third-order valence-corrected chi connectivity index (χ3v) is 5.13. The third-order valence-electron chi connectivity index (χ3n) is 4.39. The molecule has 0 saturated carbocycles. The summed E-state index contributed by atoms with van der Waals surface area (Å²) in [6.07, 6.45) is 0.841. The first kappa shape index (κ1) is 20.4. The molecular weight excluding hydrogens is 421 g/mol. The standard InChI is InChI=1S/C23H23BrFNO2/c1-27-22-13-19(15-26-12-11-17-7-9-20(25)10-8-17)21(24)14-23(22)28-16-18-5-3-2-4-6-18/h2-10,13-14,26H,11-12,15-16H2,1H3. The summed E-state index contributed by atoms with van der Waals surface area (Å²) >= 11 is 3.62. The number of hydrogen-bond acceptors (Lipinski definition) is 3. The van der Waals surface area contributed by atoms with E-state index in [9.17, 15) is 4.39 Å². The largest absolute Gasteiger partial charge is 0.493 e. The predicted octanol–water partition coefficient (Wildman–Crippen LogP) is 5.51. The molecule has 0 aliphatic heterocycles. The molecule has 0 aromatic heterocycles. The first-order valence-corrected chi connectivity index (χ1v) is 9.93. The molecule has 0 aliphatic rings. The fraction of sp³-hybridized carbons (Fsp3) is 0.217. The van der Waals surface area contributed by atoms with E-state index in [-0.39, 0.29) is 5.82 Å². The summed E-state index contributed by atoms with van der Waals surface area (Å²) in [6, 6.07) is 20.6. The Bertz CT molecular complexity index is 885. The fourth-order valence-electron chi connectivity index (χ4n) is 2.83. The molecule has 0 aliphatic carbocycles. The van der Waals surface area contributed by atoms with Crippen molar-refractivity contribution in [3.05, 3.63) is 93.7 Å². The SMILES string of the molecule is COc1cc(CNCCc2ccc(F)cc2)c(Br)cc1OCc1ccccc1. The maximum absolute atomic E-state index is 13.0. The van der Waals surface area contributed by atoms with E-state index in [2.05, 4.69) is 21.2 Å². The number of ether oxygens (including phenoxy) is 2. The second-order valence-corrected chi connectivity index (χ2v) is 7.28. The Morgan fingerprint density at radius 2 is 1.68 bits per heavy atom. The topological polar surface area (TPSA) is 30.5 Å². The maximum atomic E-state index is 13.0. The van der Waals surface area contributed by atoms with E-state index < -0.39 is 0 Å². The molecule has 28 heavy (non-hydrogen) atoms. The van der Waals surface area contributed by atoms with Gasteiger partial charge in [0.2, 0.25) is 0 Å². The summed E-state index contributed by atoms with van der Waals surface area (Å²) in [5.41, 5.74) is 3.30. The van der Waals surface area contributed by atoms with Gasteiger partial charge in [0, 0.05) is 11.0 Å². The minimum Gasteiger partial charge on any atom is -0.493 e. The van der Waals surface area contributed by atoms with Gasteiger partial charge in [-0.3, -0.25) is 0 Å². The highest BCUT2D eigenvalue weighted by Crippen LogP contribution is 2.34. The number of halogens is 2. The molecule has 146 valence electrons. The van der Waals surface area contributed by atoms with Crippen LogP contribution in [0, 0.1) is 5.82 Å². The minimum absolute atomic E-state index is 0.206. The number of hydrogen-bond donors (Lipinski definition) is 1. The highest BCUT2D eigenvalue weighted by atomic mass is 79.9. The lowest BCUT2D eigenvalue weighted by Gasteiger charge is -2.14. The van der Waals surface area contributed by atoms with Crippen LogP contribution in [0.5, 0.6) is 11.5 Å². The third kappa shape index (κ3) is 5.81. The highest BCUT2D eigenvalue weighted by Gasteiger charge is 2.10. The quantitative estimate of drug-likeness (QED) is 0.442. The van der Waals surface area contributed by atoms with Gasteiger partial charge >= 0.3 is 0 Å². The first-order chi connectivity index (χ1) is 13.7. The Hall–Kier alpha value is -2.37. The zero-order valence-electron chi connectivity index (χ0n) is 15.8. The van der Waals surface area contributed by atoms with Crippen LogP contribution in [0.25, 0.3) is 0 Å². The summed E-state index contributed by atoms with van der Waals surface area (Å²) in [4.78, 5) is 0. The molecule has 3 nitrogen and oxygen atoms in total. The van der Waals surface area contributed by atoms with Gasteiger partial charge in [0.1, 0.15) is 12.4 Å². The summed E-state index contributed by atoms with van der Waals surface area (Å²) in [5.74, 6) is 1.20. The monoisotopic (exact) mass is 443 g/mol. The highest BCUT2D eigenvalue weighted by molar-refractivity contribution is 9.10. The van der Waals surface area contributed by atoms with Crippen LogP contribution in [0.15, 0.2) is 71.2 Å². The van der Waals surface area contributed by atoms with Crippen LogP contribution in [-0.2, 0) is 19.6 Å². The fourth-order valence-corrected chi connectivity index (χ4v) is 3.29. The summed E-state index contributed by atoms with van der Waals surface area (Å²) in [7, 11) is 1.64. The van der Waals surface area contributed by atoms with Crippen LogP contribution in [0.1, 0.15) is 16.7 Å². The molecule has 3 aromatic rings. The zero-order chi connectivity index (χ0) is 19.8. The molecule has 0 radical (unpaired) electrons. The minimum atomic E-state index is -0.206. The van der Waals surface area contributed by atoms with Crippen LogP contribution in [-0.4, -0.2) is 13.7 Å². The molecule has 0 saturated heterocycles. The number of methoxy groups -OCH3 is 1. The average molecular weight is 444 g/mol. The molecule has 3 aromatic carbocycles. The molecule has 0 spiro atoms. The van der Waals surface area contributed by atoms with E-state index in [1.165, 1.54) is 12.1 Å². The van der Waals surface area contributed by atoms with E-state index in [0.717, 1.165) is 34.1 Å². The number of benzene rings is 3. The van der Waals surface area contributed by atoms with Gasteiger partial charge in [0.25, 0.3) is 0 Å². The van der Waals surface area contributed by atoms with Gasteiger partial charge in [0.05, 0.1) is 7.11 Å². The Morgan fingerprint density at radius 1 is 0.929 bits per heavy atom. The Kier molecular flexibility index (Phi) is 7.46. The summed E-state index contributed by atoms with van der Waals surface area (Å²) in [6.45, 7) is 1.97. The molecule has 0 amide bonds. The van der Waals surface area contributed by atoms with Gasteiger partial charge in [-0.2, -0.15) is 0 Å². The van der Waals surface area contributed by atoms with E-state index in [0.29, 0.717) is 24.7 Å². The maximum Gasteiger partial charge on any atom is 0.162 e. The van der Waals surface area contributed by atoms with Crippen molar-refractivity contribution in [2.45, 2.75) is 19.6 Å². The van der Waals surface area contributed by atoms with Crippen LogP contribution in [0.4, 0.5) is 4.39 Å². The van der Waals surface area contributed by atoms with Crippen molar-refractivity contribution >= 4 is 15.9 Å². The lowest BCUT2D eigenvalue weighted by Crippen LogP contribution is -2.17. The van der Waals surface area contributed by atoms with Gasteiger partial charge < -0.3 is 14.8 Å². The van der Waals surface area contributed by atoms with Crippen LogP contribution < -0.4 is 14.8 Å². The van der Waals surface area contributed by atoms with Crippen molar-refractivity contribution in [3.8, 4) is 11.5 Å². The second kappa shape index (κ2) is 10.2. The van der Waals surface area contributed by atoms with Crippen molar-refractivity contribution in [1.82, 2.24) is 5.32 Å². The van der Waals surface area contributed by atoms with Gasteiger partial charge in [-0.15, -0.1) is 0 Å². The van der Waals surface area contributed by atoms with E-state index in [1.54, 1.807) is 7.11 Å². The zero-order valence-corrected chi connectivity index (χ0v) is 17.3. The molecule has 1 N–H and O–H groups in total. The molecule has 5 heteroatoms. The van der Waals surface area contributed by atoms with E-state index in [4.69, 9.17) is 9.47 Å². The van der Waals surface area contributed by atoms with Gasteiger partial charge in [0.15, 0.2) is 11.5 Å². The predicted molar refractivity (Wildman–Crippen MR) is 113 cm³/mol. The Labute approximate surface area is 173 Å². The van der Waals surface area contributed by atoms with Gasteiger partial charge in [-0.25, -0.2) is 4.39 Å². The van der Waals surface area contributed by atoms with Crippen molar-refractivity contribution in [2.75, 3.05) is 13.7 Å². The second-order valence-electron chi connectivity index (χ2n) is 6.42. The first-order valence-electron chi connectivity index (χ1n) is 9.14. The van der Waals surface area contributed by atoms with Crippen LogP contribution >= 0.6 is 15.9 Å². The van der Waals surface area contributed by atoms with E-state index in [1.807, 2.05) is 54.6 Å². The molecule has 3 rings (SSSR count). The molecule has 0 bridgehead atoms.